The molecule has 8 heteroatoms. The summed E-state index contributed by atoms with van der Waals surface area (Å²) < 4.78 is 26.0. The van der Waals surface area contributed by atoms with Gasteiger partial charge >= 0.3 is 6.03 Å². The Morgan fingerprint density at radius 2 is 1.81 bits per heavy atom. The zero-order valence-corrected chi connectivity index (χ0v) is 17.6. The first-order valence-corrected chi connectivity index (χ1v) is 10.9. The van der Waals surface area contributed by atoms with Gasteiger partial charge in [0, 0.05) is 32.7 Å². The Bertz CT molecular complexity index is 736. The van der Waals surface area contributed by atoms with E-state index in [9.17, 15) is 13.2 Å². The molecule has 0 aromatic heterocycles. The second kappa shape index (κ2) is 9.03. The van der Waals surface area contributed by atoms with Crippen LogP contribution in [-0.2, 0) is 16.6 Å². The van der Waals surface area contributed by atoms with Gasteiger partial charge in [-0.25, -0.2) is 17.9 Å². The lowest BCUT2D eigenvalue weighted by molar-refractivity contribution is 0.129. The topological polar surface area (TPSA) is 81.8 Å². The van der Waals surface area contributed by atoms with Crippen LogP contribution in [0.15, 0.2) is 29.2 Å². The van der Waals surface area contributed by atoms with Gasteiger partial charge in [-0.2, -0.15) is 0 Å². The Hall–Kier alpha value is -1.64. The van der Waals surface area contributed by atoms with Crippen LogP contribution in [0.3, 0.4) is 0 Å². The second-order valence-electron chi connectivity index (χ2n) is 8.15. The van der Waals surface area contributed by atoms with Crippen molar-refractivity contribution >= 4 is 16.1 Å². The molecule has 2 N–H and O–H groups in total. The molecule has 1 aromatic rings. The van der Waals surface area contributed by atoms with Crippen LogP contribution in [0, 0.1) is 5.41 Å². The Kier molecular flexibility index (Phi) is 7.25. The number of hydrogen-bond donors (Lipinski definition) is 2. The number of benzene rings is 1. The van der Waals surface area contributed by atoms with E-state index in [0.717, 1.165) is 31.6 Å². The van der Waals surface area contributed by atoms with E-state index < -0.39 is 10.0 Å². The van der Waals surface area contributed by atoms with Gasteiger partial charge in [-0.3, -0.25) is 4.90 Å². The highest BCUT2D eigenvalue weighted by atomic mass is 32.2. The van der Waals surface area contributed by atoms with Crippen molar-refractivity contribution in [2.75, 3.05) is 39.8 Å². The molecule has 0 atom stereocenters. The number of sulfonamides is 1. The quantitative estimate of drug-likeness (QED) is 0.769. The number of nitrogens with zero attached hydrogens (tertiary/aromatic N) is 2. The minimum Gasteiger partial charge on any atom is -0.334 e. The third-order valence-electron chi connectivity index (χ3n) is 4.76. The van der Waals surface area contributed by atoms with Gasteiger partial charge in [-0.15, -0.1) is 0 Å². The van der Waals surface area contributed by atoms with Gasteiger partial charge < -0.3 is 10.2 Å². The molecule has 1 heterocycles. The molecule has 0 radical (unpaired) electrons. The van der Waals surface area contributed by atoms with Gasteiger partial charge in [0.1, 0.15) is 0 Å². The van der Waals surface area contributed by atoms with E-state index in [4.69, 9.17) is 0 Å². The molecule has 0 saturated carbocycles. The third kappa shape index (κ3) is 6.79. The molecule has 1 aromatic carbocycles. The highest BCUT2D eigenvalue weighted by molar-refractivity contribution is 7.89. The van der Waals surface area contributed by atoms with Crippen molar-refractivity contribution in [3.8, 4) is 0 Å². The van der Waals surface area contributed by atoms with E-state index in [0.29, 0.717) is 25.0 Å². The van der Waals surface area contributed by atoms with Crippen molar-refractivity contribution in [1.29, 1.82) is 0 Å². The fraction of sp³-hybridized carbons (Fsp3) is 0.632. The van der Waals surface area contributed by atoms with Crippen LogP contribution in [0.2, 0.25) is 0 Å². The molecule has 0 spiro atoms. The fourth-order valence-electron chi connectivity index (χ4n) is 2.90. The largest absolute Gasteiger partial charge is 0.334 e. The third-order valence-corrected chi connectivity index (χ3v) is 6.17. The average molecular weight is 397 g/mol. The van der Waals surface area contributed by atoms with Crippen molar-refractivity contribution in [2.24, 2.45) is 5.41 Å². The van der Waals surface area contributed by atoms with E-state index in [1.54, 1.807) is 18.2 Å². The molecule has 2 rings (SSSR count). The first-order valence-electron chi connectivity index (χ1n) is 9.38. The molecule has 0 aliphatic carbocycles. The smallest absolute Gasteiger partial charge is 0.317 e. The van der Waals surface area contributed by atoms with Gasteiger partial charge in [0.25, 0.3) is 0 Å². The zero-order valence-electron chi connectivity index (χ0n) is 16.8. The van der Waals surface area contributed by atoms with Crippen LogP contribution < -0.4 is 10.0 Å². The zero-order chi connectivity index (χ0) is 20.1. The van der Waals surface area contributed by atoms with Crippen molar-refractivity contribution in [1.82, 2.24) is 19.8 Å². The number of piperazine rings is 1. The number of urea groups is 1. The van der Waals surface area contributed by atoms with Crippen molar-refractivity contribution < 1.29 is 13.2 Å². The van der Waals surface area contributed by atoms with E-state index >= 15 is 0 Å². The number of carbonyl (C=O) groups is 1. The number of hydrogen-bond acceptors (Lipinski definition) is 4. The molecule has 2 amide bonds. The molecule has 152 valence electrons. The normalized spacial score (nSPS) is 16.4. The van der Waals surface area contributed by atoms with Crippen molar-refractivity contribution in [3.05, 3.63) is 29.8 Å². The van der Waals surface area contributed by atoms with Gasteiger partial charge in [0.2, 0.25) is 10.0 Å². The van der Waals surface area contributed by atoms with Crippen LogP contribution in [0.25, 0.3) is 0 Å². The minimum absolute atomic E-state index is 0.104. The fourth-order valence-corrected chi connectivity index (χ4v) is 3.70. The van der Waals surface area contributed by atoms with Gasteiger partial charge in [-0.1, -0.05) is 32.9 Å². The van der Waals surface area contributed by atoms with Crippen LogP contribution in [0.5, 0.6) is 0 Å². The lowest BCUT2D eigenvalue weighted by atomic mass is 9.92. The lowest BCUT2D eigenvalue weighted by Crippen LogP contribution is -2.51. The van der Waals surface area contributed by atoms with Gasteiger partial charge in [0.15, 0.2) is 0 Å². The van der Waals surface area contributed by atoms with Crippen molar-refractivity contribution in [3.63, 3.8) is 0 Å². The predicted octanol–water partition coefficient (Wildman–Crippen LogP) is 1.86. The lowest BCUT2D eigenvalue weighted by Gasteiger charge is -2.35. The highest BCUT2D eigenvalue weighted by Gasteiger charge is 2.22. The van der Waals surface area contributed by atoms with Crippen molar-refractivity contribution in [2.45, 2.75) is 38.6 Å². The Balaban J connectivity index is 1.81. The number of rotatable bonds is 6. The van der Waals surface area contributed by atoms with Gasteiger partial charge in [-0.05, 0) is 43.1 Å². The van der Waals surface area contributed by atoms with E-state index in [1.807, 2.05) is 4.90 Å². The molecule has 27 heavy (non-hydrogen) atoms. The number of nitrogens with one attached hydrogen (secondary N) is 2. The summed E-state index contributed by atoms with van der Waals surface area (Å²) in [6.45, 7) is 11.3. The van der Waals surface area contributed by atoms with Crippen LogP contribution in [-0.4, -0.2) is 64.0 Å². The molecule has 1 saturated heterocycles. The Morgan fingerprint density at radius 1 is 1.15 bits per heavy atom. The van der Waals surface area contributed by atoms with Gasteiger partial charge in [0.05, 0.1) is 4.90 Å². The summed E-state index contributed by atoms with van der Waals surface area (Å²) in [7, 11) is -2.10. The first-order chi connectivity index (χ1) is 12.6. The Morgan fingerprint density at radius 3 is 2.41 bits per heavy atom. The standard InChI is InChI=1S/C19H32N4O3S/c1-19(2,3)8-9-22-10-12-23(13-11-22)18(24)21-15-16-6-5-7-17(14-16)27(25,26)20-4/h5-7,14,20H,8-13,15H2,1-4H3,(H,21,24). The second-order valence-corrected chi connectivity index (χ2v) is 10.0. The summed E-state index contributed by atoms with van der Waals surface area (Å²) in [6, 6.07) is 6.50. The Labute approximate surface area is 163 Å². The molecule has 0 unspecified atom stereocenters. The summed E-state index contributed by atoms with van der Waals surface area (Å²) >= 11 is 0. The summed E-state index contributed by atoms with van der Waals surface area (Å²) in [6.07, 6.45) is 1.14. The highest BCUT2D eigenvalue weighted by Crippen LogP contribution is 2.19. The summed E-state index contributed by atoms with van der Waals surface area (Å²) in [5.41, 5.74) is 1.08. The first kappa shape index (κ1) is 21.7. The maximum atomic E-state index is 12.4. The summed E-state index contributed by atoms with van der Waals surface area (Å²) in [4.78, 5) is 16.8. The number of amides is 2. The number of carbonyl (C=O) groups excluding carboxylic acids is 1. The molecule has 0 bridgehead atoms. The summed E-state index contributed by atoms with van der Waals surface area (Å²) in [5.74, 6) is 0. The minimum atomic E-state index is -3.48. The van der Waals surface area contributed by atoms with E-state index in [2.05, 4.69) is 35.7 Å². The molecular weight excluding hydrogens is 364 g/mol. The van der Waals surface area contributed by atoms with Crippen LogP contribution in [0.1, 0.15) is 32.8 Å². The van der Waals surface area contributed by atoms with Crippen LogP contribution in [0.4, 0.5) is 4.79 Å². The monoisotopic (exact) mass is 396 g/mol. The molecule has 1 fully saturated rings. The predicted molar refractivity (Wildman–Crippen MR) is 107 cm³/mol. The average Bonchev–Trinajstić information content (AvgIpc) is 2.64. The van der Waals surface area contributed by atoms with Crippen LogP contribution >= 0.6 is 0 Å². The molecule has 7 nitrogen and oxygen atoms in total. The maximum Gasteiger partial charge on any atom is 0.317 e. The summed E-state index contributed by atoms with van der Waals surface area (Å²) in [5, 5.41) is 2.89. The molecule has 1 aliphatic heterocycles. The maximum absolute atomic E-state index is 12.4. The SMILES string of the molecule is CNS(=O)(=O)c1cccc(CNC(=O)N2CCN(CCC(C)(C)C)CC2)c1. The molecule has 1 aliphatic rings. The van der Waals surface area contributed by atoms with E-state index in [1.165, 1.54) is 13.1 Å². The molecular formula is C19H32N4O3S. The van der Waals surface area contributed by atoms with E-state index in [-0.39, 0.29) is 10.9 Å².